The molecule has 0 bridgehead atoms. The quantitative estimate of drug-likeness (QED) is 0.486. The summed E-state index contributed by atoms with van der Waals surface area (Å²) in [6.45, 7) is 9.85. The van der Waals surface area contributed by atoms with E-state index in [0.29, 0.717) is 35.0 Å². The van der Waals surface area contributed by atoms with Crippen LogP contribution in [0.5, 0.6) is 5.75 Å². The maximum Gasteiger partial charge on any atom is 0.267 e. The molecule has 0 spiro atoms. The maximum atomic E-state index is 13.3. The molecule has 146 valence electrons. The summed E-state index contributed by atoms with van der Waals surface area (Å²) in [5.41, 5.74) is 5.05. The largest absolute Gasteiger partial charge is 0.486 e. The third-order valence-corrected chi connectivity index (χ3v) is 4.84. The monoisotopic (exact) mass is 386 g/mol. The highest BCUT2D eigenvalue weighted by atomic mass is 16.5. The minimum Gasteiger partial charge on any atom is -0.486 e. The Labute approximate surface area is 168 Å². The molecule has 6 heteroatoms. The summed E-state index contributed by atoms with van der Waals surface area (Å²) in [5, 5.41) is 4.73. The van der Waals surface area contributed by atoms with E-state index in [0.717, 1.165) is 16.9 Å². The first kappa shape index (κ1) is 18.7. The number of para-hydroxylation sites is 1. The Hall–Kier alpha value is -3.67. The van der Waals surface area contributed by atoms with Crippen molar-refractivity contribution >= 4 is 5.65 Å². The number of hydrogen-bond donors (Lipinski definition) is 0. The maximum absolute atomic E-state index is 13.3. The van der Waals surface area contributed by atoms with E-state index in [1.54, 1.807) is 24.4 Å². The predicted molar refractivity (Wildman–Crippen MR) is 114 cm³/mol. The summed E-state index contributed by atoms with van der Waals surface area (Å²) >= 11 is 0. The topological polar surface area (TPSA) is 61.4 Å². The molecule has 4 rings (SSSR count). The van der Waals surface area contributed by atoms with Gasteiger partial charge in [-0.1, -0.05) is 30.9 Å². The van der Waals surface area contributed by atoms with E-state index in [-0.39, 0.29) is 5.56 Å². The highest BCUT2D eigenvalue weighted by Crippen LogP contribution is 2.24. The van der Waals surface area contributed by atoms with Crippen LogP contribution in [0.2, 0.25) is 0 Å². The van der Waals surface area contributed by atoms with Crippen molar-refractivity contribution in [1.82, 2.24) is 19.2 Å². The van der Waals surface area contributed by atoms with Gasteiger partial charge < -0.3 is 4.74 Å². The van der Waals surface area contributed by atoms with Gasteiger partial charge in [-0.15, -0.1) is 0 Å². The smallest absolute Gasteiger partial charge is 0.267 e. The van der Waals surface area contributed by atoms with E-state index < -0.39 is 0 Å². The molecular weight excluding hydrogens is 364 g/mol. The van der Waals surface area contributed by atoms with Crippen LogP contribution in [0.3, 0.4) is 0 Å². The Morgan fingerprint density at radius 1 is 1.14 bits per heavy atom. The Morgan fingerprint density at radius 3 is 2.69 bits per heavy atom. The van der Waals surface area contributed by atoms with Crippen molar-refractivity contribution in [2.24, 2.45) is 0 Å². The number of nitrogens with zero attached hydrogens (tertiary/aromatic N) is 4. The molecule has 0 aliphatic carbocycles. The minimum absolute atomic E-state index is 0.175. The van der Waals surface area contributed by atoms with Crippen LogP contribution in [0.25, 0.3) is 22.6 Å². The fourth-order valence-electron chi connectivity index (χ4n) is 3.44. The van der Waals surface area contributed by atoms with Gasteiger partial charge in [-0.3, -0.25) is 9.20 Å². The average molecular weight is 386 g/mol. The summed E-state index contributed by atoms with van der Waals surface area (Å²) in [6.07, 6.45) is 3.35. The molecule has 0 N–H and O–H groups in total. The molecule has 0 unspecified atom stereocenters. The van der Waals surface area contributed by atoms with E-state index >= 15 is 0 Å². The molecule has 0 amide bonds. The van der Waals surface area contributed by atoms with Crippen molar-refractivity contribution < 1.29 is 4.74 Å². The van der Waals surface area contributed by atoms with Crippen LogP contribution in [0, 0.1) is 20.8 Å². The molecule has 1 aromatic carbocycles. The van der Waals surface area contributed by atoms with Crippen LogP contribution in [-0.4, -0.2) is 25.8 Å². The van der Waals surface area contributed by atoms with E-state index in [1.165, 1.54) is 4.40 Å². The van der Waals surface area contributed by atoms with Gasteiger partial charge in [-0.2, -0.15) is 5.10 Å². The van der Waals surface area contributed by atoms with Gasteiger partial charge in [0.1, 0.15) is 12.3 Å². The average Bonchev–Trinajstić information content (AvgIpc) is 3.08. The molecular formula is C23H22N4O2. The van der Waals surface area contributed by atoms with Gasteiger partial charge in [0.15, 0.2) is 11.4 Å². The second kappa shape index (κ2) is 7.39. The first-order valence-corrected chi connectivity index (χ1v) is 9.40. The van der Waals surface area contributed by atoms with Crippen molar-refractivity contribution in [3.63, 3.8) is 0 Å². The highest BCUT2D eigenvalue weighted by Gasteiger charge is 2.18. The minimum atomic E-state index is -0.175. The third-order valence-electron chi connectivity index (χ3n) is 4.84. The van der Waals surface area contributed by atoms with Crippen molar-refractivity contribution in [3.05, 3.63) is 88.6 Å². The van der Waals surface area contributed by atoms with Crippen molar-refractivity contribution in [3.8, 4) is 22.7 Å². The SMILES string of the molecule is C=CCOc1cccn2c(=O)c(-c3cc(C)n(-c4ccccc4C)n3)c(C)nc12. The van der Waals surface area contributed by atoms with Gasteiger partial charge in [0.2, 0.25) is 0 Å². The second-order valence-electron chi connectivity index (χ2n) is 6.91. The number of benzene rings is 1. The number of fused-ring (bicyclic) bond motifs is 1. The number of hydrogen-bond acceptors (Lipinski definition) is 4. The Balaban J connectivity index is 1.90. The van der Waals surface area contributed by atoms with Crippen molar-refractivity contribution in [1.29, 1.82) is 0 Å². The Bertz CT molecular complexity index is 1280. The van der Waals surface area contributed by atoms with Gasteiger partial charge in [0.25, 0.3) is 5.56 Å². The summed E-state index contributed by atoms with van der Waals surface area (Å²) in [4.78, 5) is 17.9. The van der Waals surface area contributed by atoms with Crippen LogP contribution in [-0.2, 0) is 0 Å². The fourth-order valence-corrected chi connectivity index (χ4v) is 3.44. The third kappa shape index (κ3) is 3.23. The van der Waals surface area contributed by atoms with Gasteiger partial charge >= 0.3 is 0 Å². The first-order chi connectivity index (χ1) is 14.0. The molecule has 0 aliphatic rings. The normalized spacial score (nSPS) is 11.0. The zero-order valence-electron chi connectivity index (χ0n) is 16.7. The van der Waals surface area contributed by atoms with E-state index in [4.69, 9.17) is 9.84 Å². The second-order valence-corrected chi connectivity index (χ2v) is 6.91. The summed E-state index contributed by atoms with van der Waals surface area (Å²) in [6, 6.07) is 13.5. The van der Waals surface area contributed by atoms with Crippen LogP contribution in [0.1, 0.15) is 17.0 Å². The van der Waals surface area contributed by atoms with Crippen LogP contribution in [0.4, 0.5) is 0 Å². The standard InChI is InChI=1S/C23H22N4O2/c1-5-13-29-20-11-8-12-26-22(20)24-17(4)21(23(26)28)18-14-16(3)27(25-18)19-10-7-6-9-15(19)2/h5-12,14H,1,13H2,2-4H3. The summed E-state index contributed by atoms with van der Waals surface area (Å²) in [5.74, 6) is 0.542. The lowest BCUT2D eigenvalue weighted by Crippen LogP contribution is -2.19. The van der Waals surface area contributed by atoms with E-state index in [9.17, 15) is 4.79 Å². The van der Waals surface area contributed by atoms with E-state index in [1.807, 2.05) is 55.8 Å². The molecule has 0 saturated carbocycles. The van der Waals surface area contributed by atoms with Crippen LogP contribution in [0.15, 0.2) is 66.1 Å². The zero-order valence-corrected chi connectivity index (χ0v) is 16.7. The molecule has 0 atom stereocenters. The number of rotatable bonds is 5. The van der Waals surface area contributed by atoms with E-state index in [2.05, 4.69) is 11.6 Å². The molecule has 6 nitrogen and oxygen atoms in total. The lowest BCUT2D eigenvalue weighted by molar-refractivity contribution is 0.365. The molecule has 4 aromatic rings. The summed E-state index contributed by atoms with van der Waals surface area (Å²) < 4.78 is 9.02. The fraction of sp³-hybridized carbons (Fsp3) is 0.174. The number of ether oxygens (including phenoxy) is 1. The molecule has 0 fully saturated rings. The lowest BCUT2D eigenvalue weighted by atomic mass is 10.1. The van der Waals surface area contributed by atoms with Gasteiger partial charge in [-0.25, -0.2) is 9.67 Å². The Kier molecular flexibility index (Phi) is 4.76. The Morgan fingerprint density at radius 2 is 1.93 bits per heavy atom. The number of aromatic nitrogens is 4. The number of aryl methyl sites for hydroxylation is 3. The van der Waals surface area contributed by atoms with Gasteiger partial charge in [-0.05, 0) is 50.6 Å². The molecule has 3 heterocycles. The lowest BCUT2D eigenvalue weighted by Gasteiger charge is -2.10. The predicted octanol–water partition coefficient (Wildman–Crippen LogP) is 4.04. The van der Waals surface area contributed by atoms with Crippen LogP contribution >= 0.6 is 0 Å². The molecule has 29 heavy (non-hydrogen) atoms. The molecule has 0 saturated heterocycles. The molecule has 0 aliphatic heterocycles. The van der Waals surface area contributed by atoms with Crippen molar-refractivity contribution in [2.45, 2.75) is 20.8 Å². The van der Waals surface area contributed by atoms with Gasteiger partial charge in [0, 0.05) is 11.9 Å². The molecule has 0 radical (unpaired) electrons. The van der Waals surface area contributed by atoms with Crippen LogP contribution < -0.4 is 10.3 Å². The van der Waals surface area contributed by atoms with Gasteiger partial charge in [0.05, 0.1) is 16.9 Å². The molecule has 3 aromatic heterocycles. The number of pyridine rings is 1. The highest BCUT2D eigenvalue weighted by molar-refractivity contribution is 5.66. The summed E-state index contributed by atoms with van der Waals surface area (Å²) in [7, 11) is 0. The first-order valence-electron chi connectivity index (χ1n) is 9.40. The van der Waals surface area contributed by atoms with Crippen molar-refractivity contribution in [2.75, 3.05) is 6.61 Å². The zero-order chi connectivity index (χ0) is 20.5.